The fourth-order valence-corrected chi connectivity index (χ4v) is 11.7. The molecule has 1 atom stereocenters. The number of rotatable bonds is 26. The average molecular weight is 1370 g/mol. The predicted molar refractivity (Wildman–Crippen MR) is 358 cm³/mol. The minimum atomic E-state index is -5.38. The highest BCUT2D eigenvalue weighted by atomic mass is 32.2. The first kappa shape index (κ1) is 44.7. The van der Waals surface area contributed by atoms with Gasteiger partial charge in [0.15, 0.2) is 10.3 Å². The number of nitrogens with zero attached hydrogens (tertiary/aromatic N) is 8. The third-order valence-corrected chi connectivity index (χ3v) is 16.9. The zero-order chi connectivity index (χ0) is 90.1. The van der Waals surface area contributed by atoms with Crippen LogP contribution in [0.1, 0.15) is 131 Å². The monoisotopic (exact) mass is 1370 g/mol. The summed E-state index contributed by atoms with van der Waals surface area (Å²) >= 11 is 1.65. The molecule has 2 aliphatic rings. The van der Waals surface area contributed by atoms with E-state index in [1.807, 2.05) is 0 Å². The lowest BCUT2D eigenvalue weighted by Crippen LogP contribution is -2.40. The van der Waals surface area contributed by atoms with Gasteiger partial charge < -0.3 is 28.7 Å². The number of thioether (sulfide) groups is 2. The van der Waals surface area contributed by atoms with Crippen LogP contribution in [0.15, 0.2) is 165 Å². The highest BCUT2D eigenvalue weighted by molar-refractivity contribution is 7.98. The molecule has 0 fully saturated rings. The molecule has 2 aromatic heterocycles. The summed E-state index contributed by atoms with van der Waals surface area (Å²) in [5, 5.41) is -0.303. The fourth-order valence-electron chi connectivity index (χ4n) is 9.90. The Labute approximate surface area is 592 Å². The molecule has 0 aliphatic heterocycles. The van der Waals surface area contributed by atoms with Crippen molar-refractivity contribution in [1.29, 1.82) is 0 Å². The molecule has 95 heavy (non-hydrogen) atoms. The molecule has 2 heterocycles. The van der Waals surface area contributed by atoms with Crippen molar-refractivity contribution in [2.45, 2.75) is 127 Å². The second-order valence-corrected chi connectivity index (χ2v) is 23.0. The van der Waals surface area contributed by atoms with Crippen LogP contribution in [0.4, 0.5) is 35.1 Å². The van der Waals surface area contributed by atoms with E-state index in [0.717, 1.165) is 55.5 Å². The Morgan fingerprint density at radius 3 is 1.51 bits per heavy atom. The molecule has 2 aliphatic carbocycles. The first-order chi connectivity index (χ1) is 55.1. The number of carbonyl (C=O) groups is 2. The molecular weight excluding hydrogens is 1270 g/mol. The third kappa shape index (κ3) is 19.2. The van der Waals surface area contributed by atoms with Crippen molar-refractivity contribution in [1.82, 2.24) is 38.7 Å². The van der Waals surface area contributed by atoms with Crippen LogP contribution in [0, 0.1) is 17.5 Å². The van der Waals surface area contributed by atoms with Gasteiger partial charge in [-0.25, -0.2) is 8.78 Å². The normalized spacial score (nSPS) is 19.8. The third-order valence-electron chi connectivity index (χ3n) is 14.9. The number of amides is 2. The quantitative estimate of drug-likeness (QED) is 0.0295. The van der Waals surface area contributed by atoms with E-state index >= 15 is 0 Å². The Balaban J connectivity index is 0.000000285. The number of fused-ring (bicyclic) bond motifs is 2. The zero-order valence-corrected chi connectivity index (χ0v) is 53.3. The van der Waals surface area contributed by atoms with Crippen LogP contribution >= 0.6 is 23.5 Å². The molecule has 0 bridgehead atoms. The highest BCUT2D eigenvalue weighted by Crippen LogP contribution is 2.35. The van der Waals surface area contributed by atoms with Gasteiger partial charge >= 0.3 is 12.4 Å². The van der Waals surface area contributed by atoms with E-state index in [1.165, 1.54) is 54.8 Å². The summed E-state index contributed by atoms with van der Waals surface area (Å²) in [5.41, 5.74) is -5.47. The van der Waals surface area contributed by atoms with E-state index in [1.54, 1.807) is 41.0 Å². The van der Waals surface area contributed by atoms with Gasteiger partial charge in [0.2, 0.25) is 11.8 Å². The molecule has 22 heteroatoms. The summed E-state index contributed by atoms with van der Waals surface area (Å²) in [6.45, 7) is -7.71. The van der Waals surface area contributed by atoms with E-state index in [9.17, 15) is 54.3 Å². The van der Waals surface area contributed by atoms with Crippen LogP contribution in [0.3, 0.4) is 0 Å². The fraction of sp³-hybridized carbons (Fsp3) is 0.370. The van der Waals surface area contributed by atoms with Crippen molar-refractivity contribution in [2.75, 3.05) is 52.2 Å². The van der Waals surface area contributed by atoms with Crippen LogP contribution in [-0.2, 0) is 85.2 Å². The van der Waals surface area contributed by atoms with Gasteiger partial charge in [-0.05, 0) is 157 Å². The lowest BCUT2D eigenvalue weighted by atomic mass is 10.0. The lowest BCUT2D eigenvalue weighted by molar-refractivity contribution is -0.138. The summed E-state index contributed by atoms with van der Waals surface area (Å²) in [7, 11) is 0. The summed E-state index contributed by atoms with van der Waals surface area (Å²) in [6.07, 6.45) is -14.3. The van der Waals surface area contributed by atoms with Gasteiger partial charge in [0.1, 0.15) is 24.7 Å². The Bertz CT molecular complexity index is 5280. The first-order valence-electron chi connectivity index (χ1n) is 41.8. The van der Waals surface area contributed by atoms with E-state index < -0.39 is 228 Å². The van der Waals surface area contributed by atoms with Crippen LogP contribution in [0.2, 0.25) is 0 Å². The summed E-state index contributed by atoms with van der Waals surface area (Å²) in [6, 6.07) is 3.68. The van der Waals surface area contributed by atoms with E-state index in [-0.39, 0.29) is 43.5 Å². The molecule has 10 rings (SSSR count). The van der Waals surface area contributed by atoms with Gasteiger partial charge in [0, 0.05) is 91.1 Å². The smallest absolute Gasteiger partial charge is 0.336 e. The standard InChI is InChI=1S/C37H40F4N4O2S.C36H38F4N4O2S/c1-4-43(5-2)18-19-44(22-26-6-10-28(11-7-26)29-12-14-30(15-13-29)37(39,40)41)34(46)23-45-33-21-25(3)20-32(33)35(47)42-36(45)48-24-27-8-16-31(38)17-9-27;1-3-42(4-2)20-21-43(22-25-8-12-27(13-9-25)28-14-16-29(17-15-28)36(38,39)40)33(45)23-44-32-7-5-6-31(32)34(46)41-35(44)47-24-26-10-18-30(37)19-11-26/h6-17,25H,4-5,18-24H2,1-3H3;8-19H,3-7,20-24H2,1-2H3/i4D2,5D2,6D,7D,8D,9D,10D,11D,12D,13D,14D,15D,16D,17D,20D2,21D2,25D;3D2,4D2. The molecule has 8 aromatic rings. The Kier molecular flexibility index (Phi) is 15.4. The van der Waals surface area contributed by atoms with Crippen molar-refractivity contribution in [3.63, 3.8) is 0 Å². The van der Waals surface area contributed by atoms with Crippen molar-refractivity contribution in [3.8, 4) is 22.3 Å². The summed E-state index contributed by atoms with van der Waals surface area (Å²) in [4.78, 5) is 67.8. The van der Waals surface area contributed by atoms with Crippen LogP contribution in [-0.4, -0.2) is 103 Å². The van der Waals surface area contributed by atoms with E-state index in [2.05, 4.69) is 9.97 Å². The molecule has 6 aromatic carbocycles. The van der Waals surface area contributed by atoms with Crippen molar-refractivity contribution < 1.29 is 79.0 Å². The number of likely N-dealkylation sites (N-methyl/N-ethyl adjacent to an activating group) is 2. The van der Waals surface area contributed by atoms with Crippen LogP contribution in [0.25, 0.3) is 22.3 Å². The molecule has 12 nitrogen and oxygen atoms in total. The number of benzene rings is 6. The van der Waals surface area contributed by atoms with Gasteiger partial charge in [-0.3, -0.25) is 19.2 Å². The molecule has 2 amide bonds. The molecule has 0 saturated carbocycles. The van der Waals surface area contributed by atoms with E-state index in [4.69, 9.17) is 34.3 Å². The number of alkyl halides is 6. The Morgan fingerprint density at radius 1 is 0.537 bits per heavy atom. The number of hydrogen-bond donors (Lipinski definition) is 0. The number of carbonyl (C=O) groups excluding carboxylic acids is 2. The zero-order valence-electron chi connectivity index (χ0n) is 76.7. The van der Waals surface area contributed by atoms with Gasteiger partial charge in [0.05, 0.1) is 27.6 Å². The van der Waals surface area contributed by atoms with Crippen LogP contribution < -0.4 is 11.1 Å². The molecule has 0 spiro atoms. The number of hydrogen-bond acceptors (Lipinski definition) is 10. The van der Waals surface area contributed by atoms with Crippen molar-refractivity contribution in [3.05, 3.63) is 234 Å². The molecule has 1 unspecified atom stereocenters. The average Bonchev–Trinajstić information content (AvgIpc) is 1.52. The summed E-state index contributed by atoms with van der Waals surface area (Å²) < 4.78 is 321. The molecule has 502 valence electrons. The topological polar surface area (TPSA) is 117 Å². The summed E-state index contributed by atoms with van der Waals surface area (Å²) in [5.74, 6) is -6.59. The van der Waals surface area contributed by atoms with Crippen molar-refractivity contribution >= 4 is 35.3 Å². The number of halogens is 8. The second kappa shape index (κ2) is 32.7. The SMILES string of the molecule is [2H]C([2H])(C)N(CCN(Cc1ccc(-c2ccc(C(F)(F)F)cc2)cc1)C(=O)Cn1c(SCc2ccc(F)cc2)nc(=O)c2c1CCC2)C([2H])([2H])C.[2H]c1c([2H])c(CSc2nc(=O)c3c(n2CC(=O)N(CCN(C([2H])([2H])C)C([2H])([2H])C)Cc2c([2H])c([2H])c(-c4c([2H])c([2H])c(C(F)(F)F)c([2H])c4[2H])c([2H])c2[2H])C([2H])([2H])C([2H])(C)C3([2H])[2H])c([2H])c([2H])c1F. The minimum absolute atomic E-state index is 0.0337. The van der Waals surface area contributed by atoms with Crippen molar-refractivity contribution in [2.24, 2.45) is 5.89 Å². The maximum Gasteiger partial charge on any atom is 0.416 e. The molecule has 0 saturated heterocycles. The van der Waals surface area contributed by atoms with Gasteiger partial charge in [0.25, 0.3) is 11.1 Å². The largest absolute Gasteiger partial charge is 0.416 e. The van der Waals surface area contributed by atoms with Crippen LogP contribution in [0.5, 0.6) is 0 Å². The minimum Gasteiger partial charge on any atom is -0.336 e. The maximum atomic E-state index is 14.8. The Hall–Kier alpha value is -7.92. The predicted octanol–water partition coefficient (Wildman–Crippen LogP) is 14.7. The van der Waals surface area contributed by atoms with Gasteiger partial charge in [-0.2, -0.15) is 36.3 Å². The lowest BCUT2D eigenvalue weighted by Gasteiger charge is -2.28. The van der Waals surface area contributed by atoms with Gasteiger partial charge in [-0.1, -0.05) is 155 Å². The molecular formula is C73H78F8N8O4S2. The van der Waals surface area contributed by atoms with Gasteiger partial charge in [-0.15, -0.1) is 0 Å². The Morgan fingerprint density at radius 2 is 0.989 bits per heavy atom. The second-order valence-electron chi connectivity index (χ2n) is 21.1. The highest BCUT2D eigenvalue weighted by Gasteiger charge is 2.33. The first-order valence-corrected chi connectivity index (χ1v) is 31.2. The molecule has 0 N–H and O–H groups in total. The molecule has 0 radical (unpaired) electrons. The maximum absolute atomic E-state index is 14.8. The number of aromatic nitrogens is 4. The van der Waals surface area contributed by atoms with E-state index in [0.29, 0.717) is 72.1 Å².